The number of nitrogens with one attached hydrogen (secondary N) is 3. The number of aromatic nitrogens is 3. The predicted octanol–water partition coefficient (Wildman–Crippen LogP) is 4.87. The van der Waals surface area contributed by atoms with Gasteiger partial charge < -0.3 is 15.4 Å². The number of benzene rings is 2. The maximum absolute atomic E-state index is 12.8. The molecule has 0 amide bonds. The number of aryl methyl sites for hydroxylation is 1. The van der Waals surface area contributed by atoms with Crippen LogP contribution in [0.2, 0.25) is 0 Å². The van der Waals surface area contributed by atoms with Crippen LogP contribution in [0.15, 0.2) is 84.1 Å². The van der Waals surface area contributed by atoms with Gasteiger partial charge in [-0.05, 0) is 74.0 Å². The van der Waals surface area contributed by atoms with E-state index in [0.29, 0.717) is 35.5 Å². The third-order valence-corrected chi connectivity index (χ3v) is 6.13. The van der Waals surface area contributed by atoms with E-state index in [0.717, 1.165) is 11.3 Å². The second-order valence-corrected chi connectivity index (χ2v) is 8.98. The van der Waals surface area contributed by atoms with Crippen LogP contribution in [0.25, 0.3) is 0 Å². The molecule has 0 unspecified atom stereocenters. The van der Waals surface area contributed by atoms with Crippen LogP contribution in [-0.4, -0.2) is 30.0 Å². The monoisotopic (exact) mass is 476 g/mol. The normalized spacial score (nSPS) is 11.0. The van der Waals surface area contributed by atoms with E-state index in [1.807, 2.05) is 32.0 Å². The molecule has 9 nitrogen and oxygen atoms in total. The van der Waals surface area contributed by atoms with Gasteiger partial charge in [-0.15, -0.1) is 0 Å². The van der Waals surface area contributed by atoms with Crippen molar-refractivity contribution in [3.8, 4) is 5.75 Å². The van der Waals surface area contributed by atoms with E-state index in [9.17, 15) is 8.42 Å². The van der Waals surface area contributed by atoms with E-state index >= 15 is 0 Å². The molecule has 0 radical (unpaired) electrons. The predicted molar refractivity (Wildman–Crippen MR) is 132 cm³/mol. The van der Waals surface area contributed by atoms with Gasteiger partial charge in [0.2, 0.25) is 0 Å². The van der Waals surface area contributed by atoms with E-state index in [4.69, 9.17) is 4.74 Å². The van der Waals surface area contributed by atoms with Gasteiger partial charge in [-0.2, -0.15) is 0 Å². The summed E-state index contributed by atoms with van der Waals surface area (Å²) in [7, 11) is -3.74. The van der Waals surface area contributed by atoms with Crippen molar-refractivity contribution in [3.63, 3.8) is 0 Å². The Kier molecular flexibility index (Phi) is 6.88. The fraction of sp³-hybridized carbons (Fsp3) is 0.125. The van der Waals surface area contributed by atoms with E-state index in [1.165, 1.54) is 12.4 Å². The molecule has 0 aliphatic rings. The molecule has 3 N–H and O–H groups in total. The number of nitrogens with zero attached hydrogens (tertiary/aromatic N) is 3. The van der Waals surface area contributed by atoms with Crippen molar-refractivity contribution in [2.45, 2.75) is 18.7 Å². The van der Waals surface area contributed by atoms with Gasteiger partial charge in [0.05, 0.1) is 11.5 Å². The summed E-state index contributed by atoms with van der Waals surface area (Å²) in [5.41, 5.74) is 1.94. The van der Waals surface area contributed by atoms with Crippen LogP contribution in [0.3, 0.4) is 0 Å². The fourth-order valence-corrected chi connectivity index (χ4v) is 4.30. The van der Waals surface area contributed by atoms with E-state index < -0.39 is 10.0 Å². The summed E-state index contributed by atoms with van der Waals surface area (Å²) in [6.45, 7) is 4.21. The zero-order valence-electron chi connectivity index (χ0n) is 18.7. The van der Waals surface area contributed by atoms with Crippen LogP contribution in [0.5, 0.6) is 5.75 Å². The lowest BCUT2D eigenvalue weighted by Gasteiger charge is -2.12. The second-order valence-electron chi connectivity index (χ2n) is 7.30. The highest BCUT2D eigenvalue weighted by Gasteiger charge is 2.16. The average Bonchev–Trinajstić information content (AvgIpc) is 2.82. The Hall–Kier alpha value is -4.18. The minimum absolute atomic E-state index is 0.171. The first-order valence-electron chi connectivity index (χ1n) is 10.6. The summed E-state index contributed by atoms with van der Waals surface area (Å²) in [4.78, 5) is 12.8. The molecule has 4 rings (SSSR count). The van der Waals surface area contributed by atoms with E-state index in [1.54, 1.807) is 48.7 Å². The summed E-state index contributed by atoms with van der Waals surface area (Å²) < 4.78 is 33.7. The minimum atomic E-state index is -3.74. The number of anilines is 5. The van der Waals surface area contributed by atoms with Crippen molar-refractivity contribution in [1.29, 1.82) is 0 Å². The molecule has 0 fully saturated rings. The number of pyridine rings is 1. The van der Waals surface area contributed by atoms with Gasteiger partial charge >= 0.3 is 0 Å². The number of hydrogen-bond donors (Lipinski definition) is 3. The SMILES string of the molecule is CCOc1ccc(S(=O)(=O)Nc2ccc(Nc3cc(Nc4ccccn4)ncn3)cc2)cc1C. The Morgan fingerprint density at radius 3 is 2.24 bits per heavy atom. The van der Waals surface area contributed by atoms with Gasteiger partial charge in [-0.1, -0.05) is 6.07 Å². The second kappa shape index (κ2) is 10.2. The average molecular weight is 477 g/mol. The van der Waals surface area contributed by atoms with Gasteiger partial charge in [-0.3, -0.25) is 4.72 Å². The van der Waals surface area contributed by atoms with Crippen molar-refractivity contribution in [1.82, 2.24) is 15.0 Å². The molecule has 0 aliphatic heterocycles. The molecular formula is C24H24N6O3S. The van der Waals surface area contributed by atoms with Crippen molar-refractivity contribution in [3.05, 3.63) is 84.8 Å². The summed E-state index contributed by atoms with van der Waals surface area (Å²) in [6, 6.07) is 19.0. The van der Waals surface area contributed by atoms with Crippen LogP contribution < -0.4 is 20.1 Å². The third-order valence-electron chi connectivity index (χ3n) is 4.75. The Morgan fingerprint density at radius 2 is 1.56 bits per heavy atom. The maximum atomic E-state index is 12.8. The molecule has 0 atom stereocenters. The number of rotatable bonds is 9. The number of sulfonamides is 1. The first-order chi connectivity index (χ1) is 16.4. The molecule has 174 valence electrons. The molecular weight excluding hydrogens is 452 g/mol. The highest BCUT2D eigenvalue weighted by molar-refractivity contribution is 7.92. The molecule has 0 saturated carbocycles. The zero-order valence-corrected chi connectivity index (χ0v) is 19.5. The maximum Gasteiger partial charge on any atom is 0.261 e. The summed E-state index contributed by atoms with van der Waals surface area (Å²) >= 11 is 0. The van der Waals surface area contributed by atoms with Crippen LogP contribution in [0.1, 0.15) is 12.5 Å². The summed E-state index contributed by atoms with van der Waals surface area (Å²) in [6.07, 6.45) is 3.13. The van der Waals surface area contributed by atoms with Crippen LogP contribution >= 0.6 is 0 Å². The first kappa shape index (κ1) is 23.0. The molecule has 34 heavy (non-hydrogen) atoms. The van der Waals surface area contributed by atoms with Gasteiger partial charge in [0.25, 0.3) is 10.0 Å². The van der Waals surface area contributed by atoms with Gasteiger partial charge in [0, 0.05) is 23.6 Å². The molecule has 2 heterocycles. The molecule has 4 aromatic rings. The Morgan fingerprint density at radius 1 is 0.824 bits per heavy atom. The quantitative estimate of drug-likeness (QED) is 0.313. The Balaban J connectivity index is 1.42. The van der Waals surface area contributed by atoms with Crippen molar-refractivity contribution in [2.24, 2.45) is 0 Å². The molecule has 0 saturated heterocycles. The first-order valence-corrected chi connectivity index (χ1v) is 12.0. The molecule has 0 aliphatic carbocycles. The van der Waals surface area contributed by atoms with Crippen molar-refractivity contribution < 1.29 is 13.2 Å². The Labute approximate surface area is 198 Å². The summed E-state index contributed by atoms with van der Waals surface area (Å²) in [5.74, 6) is 2.50. The third kappa shape index (κ3) is 5.78. The highest BCUT2D eigenvalue weighted by Crippen LogP contribution is 2.25. The smallest absolute Gasteiger partial charge is 0.261 e. The molecule has 0 spiro atoms. The minimum Gasteiger partial charge on any atom is -0.494 e. The Bertz CT molecular complexity index is 1360. The van der Waals surface area contributed by atoms with E-state index in [2.05, 4.69) is 30.3 Å². The van der Waals surface area contributed by atoms with Gasteiger partial charge in [0.15, 0.2) is 0 Å². The van der Waals surface area contributed by atoms with Crippen molar-refractivity contribution >= 4 is 38.9 Å². The largest absolute Gasteiger partial charge is 0.494 e. The lowest BCUT2D eigenvalue weighted by molar-refractivity contribution is 0.337. The van der Waals surface area contributed by atoms with Crippen LogP contribution in [0.4, 0.5) is 28.8 Å². The number of hydrogen-bond acceptors (Lipinski definition) is 8. The zero-order chi connectivity index (χ0) is 24.0. The summed E-state index contributed by atoms with van der Waals surface area (Å²) in [5, 5.41) is 6.28. The number of ether oxygens (including phenoxy) is 1. The van der Waals surface area contributed by atoms with Crippen molar-refractivity contribution in [2.75, 3.05) is 22.0 Å². The molecule has 2 aromatic heterocycles. The lowest BCUT2D eigenvalue weighted by atomic mass is 10.2. The standard InChI is InChI=1S/C24H24N6O3S/c1-3-33-21-12-11-20(14-17(21)2)34(31,32)30-19-9-7-18(8-10-19)28-23-15-24(27-16-26-23)29-22-6-4-5-13-25-22/h4-16,30H,3H2,1-2H3,(H2,25,26,27,28,29). The van der Waals surface area contributed by atoms with Crippen LogP contribution in [0, 0.1) is 6.92 Å². The van der Waals surface area contributed by atoms with Crippen LogP contribution in [-0.2, 0) is 10.0 Å². The highest BCUT2D eigenvalue weighted by atomic mass is 32.2. The molecule has 2 aromatic carbocycles. The fourth-order valence-electron chi connectivity index (χ4n) is 3.15. The van der Waals surface area contributed by atoms with Gasteiger partial charge in [0.1, 0.15) is 29.5 Å². The molecule has 0 bridgehead atoms. The lowest BCUT2D eigenvalue weighted by Crippen LogP contribution is -2.13. The van der Waals surface area contributed by atoms with Gasteiger partial charge in [-0.25, -0.2) is 23.4 Å². The topological polar surface area (TPSA) is 118 Å². The van der Waals surface area contributed by atoms with E-state index in [-0.39, 0.29) is 4.90 Å². The molecule has 10 heteroatoms.